The van der Waals surface area contributed by atoms with Crippen molar-refractivity contribution in [2.24, 2.45) is 11.8 Å². The van der Waals surface area contributed by atoms with Gasteiger partial charge in [-0.2, -0.15) is 0 Å². The molecule has 0 radical (unpaired) electrons. The van der Waals surface area contributed by atoms with Crippen LogP contribution in [0.5, 0.6) is 0 Å². The normalized spacial score (nSPS) is 36.8. The Bertz CT molecular complexity index is 682. The van der Waals surface area contributed by atoms with Crippen LogP contribution in [0.2, 0.25) is 0 Å². The zero-order chi connectivity index (χ0) is 16.4. The molecule has 0 aliphatic heterocycles. The van der Waals surface area contributed by atoms with Gasteiger partial charge in [0.15, 0.2) is 0 Å². The van der Waals surface area contributed by atoms with E-state index in [1.54, 1.807) is 11.1 Å². The highest BCUT2D eigenvalue weighted by Gasteiger charge is 2.58. The van der Waals surface area contributed by atoms with Gasteiger partial charge in [0.05, 0.1) is 0 Å². The van der Waals surface area contributed by atoms with Crippen LogP contribution in [0.3, 0.4) is 0 Å². The highest BCUT2D eigenvalue weighted by molar-refractivity contribution is 6.32. The Hall–Kier alpha value is -1.43. The Morgan fingerprint density at radius 3 is 1.38 bits per heavy atom. The molecule has 2 aromatic carbocycles. The van der Waals surface area contributed by atoms with Crippen LogP contribution in [-0.4, -0.2) is 15.7 Å². The van der Waals surface area contributed by atoms with Crippen LogP contribution in [0.15, 0.2) is 48.5 Å². The third kappa shape index (κ3) is 2.15. The smallest absolute Gasteiger partial charge is 0.0889 e. The molecule has 0 N–H and O–H groups in total. The van der Waals surface area contributed by atoms with Crippen LogP contribution >= 0.6 is 0 Å². The van der Waals surface area contributed by atoms with Crippen molar-refractivity contribution in [1.82, 2.24) is 0 Å². The summed E-state index contributed by atoms with van der Waals surface area (Å²) in [6.45, 7) is 0. The fourth-order valence-corrected chi connectivity index (χ4v) is 6.75. The summed E-state index contributed by atoms with van der Waals surface area (Å²) in [5.41, 5.74) is 6.91. The largest absolute Gasteiger partial charge is 0.139 e. The molecule has 0 spiro atoms. The Labute approximate surface area is 147 Å². The first-order valence-electron chi connectivity index (χ1n) is 9.71. The lowest BCUT2D eigenvalue weighted by molar-refractivity contribution is -0.0281. The van der Waals surface area contributed by atoms with Crippen LogP contribution < -0.4 is 10.9 Å². The molecule has 0 amide bonds. The Balaban J connectivity index is 1.59. The molecule has 4 aliphatic rings. The lowest BCUT2D eigenvalue weighted by atomic mass is 9.41. The molecule has 4 aliphatic carbocycles. The van der Waals surface area contributed by atoms with E-state index in [-0.39, 0.29) is 0 Å². The molecule has 0 atom stereocenters. The maximum Gasteiger partial charge on any atom is 0.139 e. The fraction of sp³-hybridized carbons (Fsp3) is 0.455. The Morgan fingerprint density at radius 1 is 0.625 bits per heavy atom. The molecular formula is C22H26B2. The van der Waals surface area contributed by atoms with Gasteiger partial charge in [-0.15, -0.1) is 0 Å². The average Bonchev–Trinajstić information content (AvgIpc) is 2.54. The van der Waals surface area contributed by atoms with Crippen LogP contribution in [-0.2, 0) is 10.8 Å². The first kappa shape index (κ1) is 14.9. The van der Waals surface area contributed by atoms with E-state index < -0.39 is 0 Å². The molecule has 4 bridgehead atoms. The molecule has 6 rings (SSSR count). The van der Waals surface area contributed by atoms with E-state index in [2.05, 4.69) is 64.2 Å². The van der Waals surface area contributed by atoms with Gasteiger partial charge < -0.3 is 0 Å². The van der Waals surface area contributed by atoms with Gasteiger partial charge in [-0.05, 0) is 72.3 Å². The maximum atomic E-state index is 2.44. The number of hydrogen-bond donors (Lipinski definition) is 0. The molecule has 2 aromatic rings. The molecule has 4 saturated carbocycles. The standard InChI is InChI=1S/C22H26B2/c23-19-5-1-17(2-6-19)21-10-15-9-16(11-21)13-22(12-15,14-21)18-3-7-20(24)8-4-18/h1-8,15-16H,9-14,23-24H2. The monoisotopic (exact) mass is 312 g/mol. The van der Waals surface area contributed by atoms with Gasteiger partial charge in [0.1, 0.15) is 15.7 Å². The van der Waals surface area contributed by atoms with Crippen molar-refractivity contribution in [3.63, 3.8) is 0 Å². The van der Waals surface area contributed by atoms with Crippen LogP contribution in [0.25, 0.3) is 0 Å². The SMILES string of the molecule is Bc1ccc(C23CC4CC(C2)CC(c2ccc(B)cc2)(C4)C3)cc1. The summed E-state index contributed by atoms with van der Waals surface area (Å²) in [6.07, 6.45) is 8.58. The van der Waals surface area contributed by atoms with E-state index in [1.165, 1.54) is 49.5 Å². The van der Waals surface area contributed by atoms with E-state index in [9.17, 15) is 0 Å². The molecule has 0 aromatic heterocycles. The van der Waals surface area contributed by atoms with Gasteiger partial charge in [-0.1, -0.05) is 59.5 Å². The Kier molecular flexibility index (Phi) is 3.12. The zero-order valence-electron chi connectivity index (χ0n) is 15.0. The van der Waals surface area contributed by atoms with E-state index in [0.29, 0.717) is 10.8 Å². The van der Waals surface area contributed by atoms with Gasteiger partial charge in [0.25, 0.3) is 0 Å². The summed E-state index contributed by atoms with van der Waals surface area (Å²) >= 11 is 0. The highest BCUT2D eigenvalue weighted by Crippen LogP contribution is 2.66. The second kappa shape index (κ2) is 5.04. The molecular weight excluding hydrogens is 286 g/mol. The van der Waals surface area contributed by atoms with Crippen molar-refractivity contribution >= 4 is 26.6 Å². The second-order valence-electron chi connectivity index (χ2n) is 9.25. The van der Waals surface area contributed by atoms with Gasteiger partial charge in [0.2, 0.25) is 0 Å². The van der Waals surface area contributed by atoms with Crippen molar-refractivity contribution < 1.29 is 0 Å². The summed E-state index contributed by atoms with van der Waals surface area (Å²) in [5, 5.41) is 0. The zero-order valence-corrected chi connectivity index (χ0v) is 15.0. The van der Waals surface area contributed by atoms with Crippen LogP contribution in [0.4, 0.5) is 0 Å². The predicted octanol–water partition coefficient (Wildman–Crippen LogP) is 1.99. The molecule has 120 valence electrons. The molecule has 0 heterocycles. The van der Waals surface area contributed by atoms with E-state index in [1.807, 2.05) is 0 Å². The van der Waals surface area contributed by atoms with Crippen molar-refractivity contribution in [3.05, 3.63) is 59.7 Å². The first-order valence-corrected chi connectivity index (χ1v) is 9.71. The van der Waals surface area contributed by atoms with E-state index in [0.717, 1.165) is 11.8 Å². The summed E-state index contributed by atoms with van der Waals surface area (Å²) < 4.78 is 0. The van der Waals surface area contributed by atoms with Gasteiger partial charge in [0, 0.05) is 0 Å². The average molecular weight is 312 g/mol. The molecule has 0 unspecified atom stereocenters. The van der Waals surface area contributed by atoms with Gasteiger partial charge in [-0.25, -0.2) is 0 Å². The second-order valence-corrected chi connectivity index (χ2v) is 9.25. The maximum absolute atomic E-state index is 2.44. The molecule has 0 nitrogen and oxygen atoms in total. The minimum Gasteiger partial charge on any atom is -0.0889 e. The van der Waals surface area contributed by atoms with Gasteiger partial charge >= 0.3 is 0 Å². The number of benzene rings is 2. The number of rotatable bonds is 2. The molecule has 2 heteroatoms. The summed E-state index contributed by atoms with van der Waals surface area (Å²) in [5.74, 6) is 1.88. The highest BCUT2D eigenvalue weighted by atomic mass is 14.6. The van der Waals surface area contributed by atoms with Crippen molar-refractivity contribution in [1.29, 1.82) is 0 Å². The Morgan fingerprint density at radius 2 is 1.00 bits per heavy atom. The third-order valence-corrected chi connectivity index (χ3v) is 7.39. The topological polar surface area (TPSA) is 0 Å². The summed E-state index contributed by atoms with van der Waals surface area (Å²) in [6, 6.07) is 19.0. The summed E-state index contributed by atoms with van der Waals surface area (Å²) in [7, 11) is 4.41. The van der Waals surface area contributed by atoms with Crippen molar-refractivity contribution in [2.45, 2.75) is 49.4 Å². The fourth-order valence-electron chi connectivity index (χ4n) is 6.75. The first-order chi connectivity index (χ1) is 11.6. The quantitative estimate of drug-likeness (QED) is 0.744. The van der Waals surface area contributed by atoms with E-state index >= 15 is 0 Å². The molecule has 24 heavy (non-hydrogen) atoms. The van der Waals surface area contributed by atoms with Crippen molar-refractivity contribution in [2.75, 3.05) is 0 Å². The third-order valence-electron chi connectivity index (χ3n) is 7.39. The molecule has 4 fully saturated rings. The minimum absolute atomic E-state index is 0.447. The lowest BCUT2D eigenvalue weighted by Gasteiger charge is -2.63. The minimum atomic E-state index is 0.447. The van der Waals surface area contributed by atoms with Crippen LogP contribution in [0, 0.1) is 11.8 Å². The summed E-state index contributed by atoms with van der Waals surface area (Å²) in [4.78, 5) is 0. The van der Waals surface area contributed by atoms with Gasteiger partial charge in [-0.3, -0.25) is 0 Å². The molecule has 0 saturated heterocycles. The predicted molar refractivity (Wildman–Crippen MR) is 107 cm³/mol. The lowest BCUT2D eigenvalue weighted by Crippen LogP contribution is -2.56. The van der Waals surface area contributed by atoms with Crippen LogP contribution in [0.1, 0.15) is 49.7 Å². The van der Waals surface area contributed by atoms with E-state index in [4.69, 9.17) is 0 Å². The number of hydrogen-bond acceptors (Lipinski definition) is 0. The van der Waals surface area contributed by atoms with Crippen molar-refractivity contribution in [3.8, 4) is 0 Å².